The van der Waals surface area contributed by atoms with Crippen molar-refractivity contribution in [3.05, 3.63) is 60.0 Å². The van der Waals surface area contributed by atoms with Crippen molar-refractivity contribution < 1.29 is 14.0 Å². The zero-order valence-corrected chi connectivity index (χ0v) is 12.8. The second-order valence-electron chi connectivity index (χ2n) is 5.48. The summed E-state index contributed by atoms with van der Waals surface area (Å²) in [6.45, 7) is 0. The summed E-state index contributed by atoms with van der Waals surface area (Å²) in [6, 6.07) is 13.1. The Bertz CT molecular complexity index is 895. The highest BCUT2D eigenvalue weighted by atomic mass is 19.1. The second-order valence-corrected chi connectivity index (χ2v) is 5.48. The lowest BCUT2D eigenvalue weighted by Gasteiger charge is -2.13. The Labute approximate surface area is 132 Å². The van der Waals surface area contributed by atoms with E-state index < -0.39 is 0 Å². The van der Waals surface area contributed by atoms with E-state index in [1.54, 1.807) is 32.3 Å². The average molecular weight is 310 g/mol. The Balaban J connectivity index is 2.22. The van der Waals surface area contributed by atoms with Gasteiger partial charge in [-0.1, -0.05) is 24.3 Å². The van der Waals surface area contributed by atoms with E-state index >= 15 is 0 Å². The zero-order valence-electron chi connectivity index (χ0n) is 12.8. The van der Waals surface area contributed by atoms with Gasteiger partial charge in [0.15, 0.2) is 6.29 Å². The quantitative estimate of drug-likeness (QED) is 0.676. The summed E-state index contributed by atoms with van der Waals surface area (Å²) in [4.78, 5) is 25.1. The molecule has 1 amide bonds. The number of benzene rings is 2. The van der Waals surface area contributed by atoms with Gasteiger partial charge >= 0.3 is 6.03 Å². The summed E-state index contributed by atoms with van der Waals surface area (Å²) in [7, 11) is 3.26. The van der Waals surface area contributed by atoms with Crippen LogP contribution < -0.4 is 0 Å². The number of hydrogen-bond acceptors (Lipinski definition) is 2. The van der Waals surface area contributed by atoms with Crippen LogP contribution >= 0.6 is 0 Å². The second kappa shape index (κ2) is 5.68. The number of fused-ring (bicyclic) bond motifs is 1. The van der Waals surface area contributed by atoms with Gasteiger partial charge in [0, 0.05) is 19.5 Å². The van der Waals surface area contributed by atoms with E-state index in [2.05, 4.69) is 0 Å². The maximum absolute atomic E-state index is 13.1. The molecular weight excluding hydrogens is 295 g/mol. The number of carbonyl (C=O) groups excluding carboxylic acids is 2. The number of halogens is 1. The van der Waals surface area contributed by atoms with Gasteiger partial charge in [-0.15, -0.1) is 0 Å². The molecule has 0 radical (unpaired) electrons. The first kappa shape index (κ1) is 15.0. The predicted molar refractivity (Wildman–Crippen MR) is 87.2 cm³/mol. The third kappa shape index (κ3) is 2.61. The average Bonchev–Trinajstić information content (AvgIpc) is 2.92. The first-order valence-corrected chi connectivity index (χ1v) is 7.09. The highest BCUT2D eigenvalue weighted by Crippen LogP contribution is 2.27. The van der Waals surface area contributed by atoms with E-state index in [4.69, 9.17) is 0 Å². The molecule has 0 atom stereocenters. The minimum Gasteiger partial charge on any atom is -0.330 e. The lowest BCUT2D eigenvalue weighted by molar-refractivity contribution is 0.111. The molecule has 2 aromatic carbocycles. The molecule has 0 aliphatic heterocycles. The minimum atomic E-state index is -0.302. The van der Waals surface area contributed by atoms with Crippen molar-refractivity contribution in [2.75, 3.05) is 14.1 Å². The fraction of sp³-hybridized carbons (Fsp3) is 0.111. The van der Waals surface area contributed by atoms with Crippen LogP contribution in [-0.4, -0.2) is 35.9 Å². The van der Waals surface area contributed by atoms with E-state index in [1.165, 1.54) is 21.6 Å². The van der Waals surface area contributed by atoms with E-state index in [0.717, 1.165) is 16.5 Å². The number of amides is 1. The topological polar surface area (TPSA) is 42.3 Å². The van der Waals surface area contributed by atoms with Gasteiger partial charge in [-0.2, -0.15) is 0 Å². The molecule has 5 heteroatoms. The number of hydrogen-bond donors (Lipinski definition) is 0. The van der Waals surface area contributed by atoms with Gasteiger partial charge in [0.05, 0.1) is 11.2 Å². The number of nitrogens with zero attached hydrogens (tertiary/aromatic N) is 2. The maximum Gasteiger partial charge on any atom is 0.328 e. The third-order valence-corrected chi connectivity index (χ3v) is 3.71. The standard InChI is InChI=1S/C18H15FN2O2/c1-20(2)18(23)21-16(11-22)9-14-4-3-13(10-17(14)21)12-5-7-15(19)8-6-12/h3-11H,1-2H3. The Hall–Kier alpha value is -2.95. The van der Waals surface area contributed by atoms with Crippen molar-refractivity contribution >= 4 is 23.2 Å². The van der Waals surface area contributed by atoms with Crippen LogP contribution in [0.4, 0.5) is 9.18 Å². The fourth-order valence-corrected chi connectivity index (χ4v) is 2.54. The molecule has 0 saturated heterocycles. The Morgan fingerprint density at radius 3 is 2.30 bits per heavy atom. The lowest BCUT2D eigenvalue weighted by Crippen LogP contribution is -2.28. The number of aromatic nitrogens is 1. The van der Waals surface area contributed by atoms with Gasteiger partial charge in [0.2, 0.25) is 0 Å². The summed E-state index contributed by atoms with van der Waals surface area (Å²) in [6.07, 6.45) is 0.666. The molecule has 0 bridgehead atoms. The monoisotopic (exact) mass is 310 g/mol. The predicted octanol–water partition coefficient (Wildman–Crippen LogP) is 3.79. The van der Waals surface area contributed by atoms with E-state index in [0.29, 0.717) is 17.5 Å². The molecule has 1 heterocycles. The zero-order chi connectivity index (χ0) is 16.6. The number of aldehydes is 1. The van der Waals surface area contributed by atoms with Gasteiger partial charge in [-0.25, -0.2) is 9.18 Å². The van der Waals surface area contributed by atoms with Crippen LogP contribution in [0.5, 0.6) is 0 Å². The molecule has 3 aromatic rings. The molecule has 0 N–H and O–H groups in total. The van der Waals surface area contributed by atoms with Gasteiger partial charge in [-0.3, -0.25) is 9.36 Å². The molecule has 23 heavy (non-hydrogen) atoms. The third-order valence-electron chi connectivity index (χ3n) is 3.71. The largest absolute Gasteiger partial charge is 0.330 e. The summed E-state index contributed by atoms with van der Waals surface area (Å²) in [5.74, 6) is -0.302. The number of rotatable bonds is 2. The van der Waals surface area contributed by atoms with Crippen molar-refractivity contribution in [1.29, 1.82) is 0 Å². The van der Waals surface area contributed by atoms with E-state index in [9.17, 15) is 14.0 Å². The summed E-state index contributed by atoms with van der Waals surface area (Å²) >= 11 is 0. The molecule has 3 rings (SSSR count). The molecule has 0 aliphatic carbocycles. The molecule has 0 fully saturated rings. The number of carbonyl (C=O) groups is 2. The maximum atomic E-state index is 13.1. The van der Waals surface area contributed by atoms with Crippen molar-refractivity contribution in [2.24, 2.45) is 0 Å². The van der Waals surface area contributed by atoms with E-state index in [-0.39, 0.29) is 11.8 Å². The first-order chi connectivity index (χ1) is 11.0. The molecule has 0 unspecified atom stereocenters. The molecule has 1 aromatic heterocycles. The van der Waals surface area contributed by atoms with Crippen LogP contribution in [0.2, 0.25) is 0 Å². The van der Waals surface area contributed by atoms with Crippen LogP contribution in [0.3, 0.4) is 0 Å². The summed E-state index contributed by atoms with van der Waals surface area (Å²) in [5.41, 5.74) is 2.63. The minimum absolute atomic E-state index is 0.293. The summed E-state index contributed by atoms with van der Waals surface area (Å²) < 4.78 is 14.5. The highest BCUT2D eigenvalue weighted by Gasteiger charge is 2.16. The van der Waals surface area contributed by atoms with Gasteiger partial charge in [0.1, 0.15) is 5.82 Å². The normalized spacial score (nSPS) is 10.7. The van der Waals surface area contributed by atoms with Crippen molar-refractivity contribution in [2.45, 2.75) is 0 Å². The fourth-order valence-electron chi connectivity index (χ4n) is 2.54. The molecule has 116 valence electrons. The lowest BCUT2D eigenvalue weighted by atomic mass is 10.0. The van der Waals surface area contributed by atoms with Crippen molar-refractivity contribution in [1.82, 2.24) is 9.47 Å². The highest BCUT2D eigenvalue weighted by molar-refractivity contribution is 5.99. The first-order valence-electron chi connectivity index (χ1n) is 7.09. The smallest absolute Gasteiger partial charge is 0.328 e. The molecular formula is C18H15FN2O2. The van der Waals surface area contributed by atoms with Crippen molar-refractivity contribution in [3.8, 4) is 11.1 Å². The van der Waals surface area contributed by atoms with Gasteiger partial charge in [0.25, 0.3) is 0 Å². The Morgan fingerprint density at radius 2 is 1.70 bits per heavy atom. The van der Waals surface area contributed by atoms with Gasteiger partial charge in [-0.05, 0) is 35.4 Å². The van der Waals surface area contributed by atoms with Crippen LogP contribution in [0, 0.1) is 5.82 Å². The molecule has 0 spiro atoms. The Morgan fingerprint density at radius 1 is 1.04 bits per heavy atom. The van der Waals surface area contributed by atoms with Crippen LogP contribution in [0.1, 0.15) is 10.5 Å². The van der Waals surface area contributed by atoms with E-state index in [1.807, 2.05) is 18.2 Å². The molecule has 0 aliphatic rings. The van der Waals surface area contributed by atoms with Crippen LogP contribution in [-0.2, 0) is 0 Å². The van der Waals surface area contributed by atoms with Crippen LogP contribution in [0.15, 0.2) is 48.5 Å². The Kier molecular flexibility index (Phi) is 3.70. The molecule has 4 nitrogen and oxygen atoms in total. The SMILES string of the molecule is CN(C)C(=O)n1c(C=O)cc2ccc(-c3ccc(F)cc3)cc21. The van der Waals surface area contributed by atoms with Gasteiger partial charge < -0.3 is 4.90 Å². The van der Waals surface area contributed by atoms with Crippen LogP contribution in [0.25, 0.3) is 22.0 Å². The van der Waals surface area contributed by atoms with Crippen molar-refractivity contribution in [3.63, 3.8) is 0 Å². The summed E-state index contributed by atoms with van der Waals surface area (Å²) in [5, 5.41) is 0.799. The molecule has 0 saturated carbocycles.